The van der Waals surface area contributed by atoms with Gasteiger partial charge in [0.2, 0.25) is 0 Å². The molecular weight excluding hydrogens is 345 g/mol. The second-order valence-corrected chi connectivity index (χ2v) is 6.34. The van der Waals surface area contributed by atoms with Gasteiger partial charge in [-0.05, 0) is 48.7 Å². The van der Waals surface area contributed by atoms with Crippen LogP contribution in [0.3, 0.4) is 0 Å². The summed E-state index contributed by atoms with van der Waals surface area (Å²) in [4.78, 5) is 24.2. The van der Waals surface area contributed by atoms with Gasteiger partial charge >= 0.3 is 5.97 Å². The molecule has 1 N–H and O–H groups in total. The van der Waals surface area contributed by atoms with Crippen LogP contribution >= 0.6 is 11.6 Å². The Bertz CT molecular complexity index is 775. The summed E-state index contributed by atoms with van der Waals surface area (Å²) in [6.07, 6.45) is -1.03. The molecule has 1 unspecified atom stereocenters. The van der Waals surface area contributed by atoms with Crippen molar-refractivity contribution in [2.75, 3.05) is 5.32 Å². The summed E-state index contributed by atoms with van der Waals surface area (Å²) in [7, 11) is 0. The molecule has 0 aliphatic carbocycles. The van der Waals surface area contributed by atoms with E-state index in [1.54, 1.807) is 12.1 Å². The van der Waals surface area contributed by atoms with E-state index in [0.717, 1.165) is 11.6 Å². The van der Waals surface area contributed by atoms with Gasteiger partial charge in [0.1, 0.15) is 5.82 Å². The Morgan fingerprint density at radius 1 is 1.08 bits per heavy atom. The SMILES string of the molecule is CC(OC(=O)c1ccc(C(C)C)cc1)C(=O)Nc1ccc(F)cc1Cl. The Hall–Kier alpha value is -2.40. The van der Waals surface area contributed by atoms with Gasteiger partial charge < -0.3 is 10.1 Å². The number of benzene rings is 2. The molecule has 0 spiro atoms. The average Bonchev–Trinajstić information content (AvgIpc) is 2.57. The van der Waals surface area contributed by atoms with E-state index in [-0.39, 0.29) is 10.7 Å². The maximum atomic E-state index is 13.0. The summed E-state index contributed by atoms with van der Waals surface area (Å²) in [6, 6.07) is 10.6. The molecule has 0 heterocycles. The van der Waals surface area contributed by atoms with Crippen LogP contribution in [0.2, 0.25) is 5.02 Å². The maximum absolute atomic E-state index is 13.0. The van der Waals surface area contributed by atoms with E-state index < -0.39 is 23.8 Å². The predicted molar refractivity (Wildman–Crippen MR) is 95.4 cm³/mol. The highest BCUT2D eigenvalue weighted by molar-refractivity contribution is 6.33. The van der Waals surface area contributed by atoms with Crippen LogP contribution in [0, 0.1) is 5.82 Å². The van der Waals surface area contributed by atoms with Crippen molar-refractivity contribution in [3.8, 4) is 0 Å². The standard InChI is InChI=1S/C19H19ClFNO3/c1-11(2)13-4-6-14(7-5-13)19(24)25-12(3)18(23)22-17-9-8-15(21)10-16(17)20/h4-12H,1-3H3,(H,22,23). The number of carbonyl (C=O) groups excluding carboxylic acids is 2. The van der Waals surface area contributed by atoms with Gasteiger partial charge in [0.15, 0.2) is 6.10 Å². The topological polar surface area (TPSA) is 55.4 Å². The molecule has 0 aliphatic rings. The van der Waals surface area contributed by atoms with Crippen LogP contribution in [-0.2, 0) is 9.53 Å². The van der Waals surface area contributed by atoms with Crippen molar-refractivity contribution in [1.82, 2.24) is 0 Å². The number of anilines is 1. The highest BCUT2D eigenvalue weighted by Crippen LogP contribution is 2.23. The fourth-order valence-electron chi connectivity index (χ4n) is 2.11. The highest BCUT2D eigenvalue weighted by atomic mass is 35.5. The minimum Gasteiger partial charge on any atom is -0.449 e. The molecule has 4 nitrogen and oxygen atoms in total. The lowest BCUT2D eigenvalue weighted by Crippen LogP contribution is -2.30. The molecule has 2 aromatic rings. The molecule has 2 aromatic carbocycles. The van der Waals surface area contributed by atoms with E-state index in [2.05, 4.69) is 19.2 Å². The van der Waals surface area contributed by atoms with Crippen LogP contribution in [0.15, 0.2) is 42.5 Å². The second kappa shape index (κ2) is 8.12. The molecule has 0 aliphatic heterocycles. The molecule has 0 saturated heterocycles. The molecule has 0 radical (unpaired) electrons. The number of nitrogens with one attached hydrogen (secondary N) is 1. The minimum absolute atomic E-state index is 0.0659. The van der Waals surface area contributed by atoms with Gasteiger partial charge in [-0.3, -0.25) is 4.79 Å². The average molecular weight is 364 g/mol. The largest absolute Gasteiger partial charge is 0.449 e. The van der Waals surface area contributed by atoms with Crippen molar-refractivity contribution in [3.05, 3.63) is 64.4 Å². The van der Waals surface area contributed by atoms with E-state index in [4.69, 9.17) is 16.3 Å². The molecule has 1 atom stereocenters. The number of hydrogen-bond acceptors (Lipinski definition) is 3. The summed E-state index contributed by atoms with van der Waals surface area (Å²) in [5, 5.41) is 2.57. The Labute approximate surface area is 150 Å². The Balaban J connectivity index is 1.99. The van der Waals surface area contributed by atoms with Gasteiger partial charge in [0.05, 0.1) is 16.3 Å². The molecule has 132 valence electrons. The van der Waals surface area contributed by atoms with Crippen molar-refractivity contribution >= 4 is 29.2 Å². The smallest absolute Gasteiger partial charge is 0.338 e. The van der Waals surface area contributed by atoms with Crippen molar-refractivity contribution < 1.29 is 18.7 Å². The van der Waals surface area contributed by atoms with E-state index in [1.807, 2.05) is 12.1 Å². The molecule has 25 heavy (non-hydrogen) atoms. The molecule has 1 amide bonds. The second-order valence-electron chi connectivity index (χ2n) is 5.94. The zero-order valence-electron chi connectivity index (χ0n) is 14.2. The van der Waals surface area contributed by atoms with Crippen LogP contribution < -0.4 is 5.32 Å². The summed E-state index contributed by atoms with van der Waals surface area (Å²) < 4.78 is 18.2. The van der Waals surface area contributed by atoms with E-state index in [9.17, 15) is 14.0 Å². The quantitative estimate of drug-likeness (QED) is 0.777. The monoisotopic (exact) mass is 363 g/mol. The summed E-state index contributed by atoms with van der Waals surface area (Å²) >= 11 is 5.86. The lowest BCUT2D eigenvalue weighted by molar-refractivity contribution is -0.123. The molecule has 0 aromatic heterocycles. The van der Waals surface area contributed by atoms with E-state index in [1.165, 1.54) is 19.1 Å². The first-order valence-electron chi connectivity index (χ1n) is 7.84. The fraction of sp³-hybridized carbons (Fsp3) is 0.263. The molecule has 0 bridgehead atoms. The first-order chi connectivity index (χ1) is 11.8. The van der Waals surface area contributed by atoms with Crippen LogP contribution in [0.1, 0.15) is 42.6 Å². The lowest BCUT2D eigenvalue weighted by Gasteiger charge is -2.14. The predicted octanol–water partition coefficient (Wildman–Crippen LogP) is 4.79. The third kappa shape index (κ3) is 5.03. The number of halogens is 2. The molecule has 0 fully saturated rings. The Morgan fingerprint density at radius 3 is 2.28 bits per heavy atom. The Kier molecular flexibility index (Phi) is 6.15. The van der Waals surface area contributed by atoms with E-state index >= 15 is 0 Å². The zero-order valence-corrected chi connectivity index (χ0v) is 14.9. The van der Waals surface area contributed by atoms with Crippen molar-refractivity contribution in [1.29, 1.82) is 0 Å². The fourth-order valence-corrected chi connectivity index (χ4v) is 2.33. The van der Waals surface area contributed by atoms with Gasteiger partial charge in [0, 0.05) is 0 Å². The first kappa shape index (κ1) is 18.9. The molecule has 2 rings (SSSR count). The maximum Gasteiger partial charge on any atom is 0.338 e. The Morgan fingerprint density at radius 2 is 1.72 bits per heavy atom. The summed E-state index contributed by atoms with van der Waals surface area (Å²) in [6.45, 7) is 5.56. The van der Waals surface area contributed by atoms with Crippen LogP contribution in [0.5, 0.6) is 0 Å². The number of ether oxygens (including phenoxy) is 1. The summed E-state index contributed by atoms with van der Waals surface area (Å²) in [5.74, 6) is -1.30. The molecule has 0 saturated carbocycles. The number of esters is 1. The minimum atomic E-state index is -1.03. The van der Waals surface area contributed by atoms with Crippen LogP contribution in [0.4, 0.5) is 10.1 Å². The van der Waals surface area contributed by atoms with Gasteiger partial charge in [0.25, 0.3) is 5.91 Å². The van der Waals surface area contributed by atoms with Crippen LogP contribution in [0.25, 0.3) is 0 Å². The molecule has 6 heteroatoms. The van der Waals surface area contributed by atoms with Gasteiger partial charge in [-0.2, -0.15) is 0 Å². The lowest BCUT2D eigenvalue weighted by atomic mass is 10.0. The van der Waals surface area contributed by atoms with Crippen LogP contribution in [-0.4, -0.2) is 18.0 Å². The first-order valence-corrected chi connectivity index (χ1v) is 8.22. The number of rotatable bonds is 5. The molecular formula is C19H19ClFNO3. The van der Waals surface area contributed by atoms with Crippen molar-refractivity contribution in [3.63, 3.8) is 0 Å². The van der Waals surface area contributed by atoms with Gasteiger partial charge in [-0.1, -0.05) is 37.6 Å². The van der Waals surface area contributed by atoms with Gasteiger partial charge in [-0.25, -0.2) is 9.18 Å². The third-order valence-corrected chi connectivity index (χ3v) is 3.97. The third-order valence-electron chi connectivity index (χ3n) is 3.66. The highest BCUT2D eigenvalue weighted by Gasteiger charge is 2.20. The summed E-state index contributed by atoms with van der Waals surface area (Å²) in [5.41, 5.74) is 1.72. The number of amides is 1. The van der Waals surface area contributed by atoms with Crippen molar-refractivity contribution in [2.45, 2.75) is 32.8 Å². The van der Waals surface area contributed by atoms with E-state index in [0.29, 0.717) is 11.5 Å². The normalized spacial score (nSPS) is 11.9. The zero-order chi connectivity index (χ0) is 18.6. The van der Waals surface area contributed by atoms with Crippen molar-refractivity contribution in [2.24, 2.45) is 0 Å². The van der Waals surface area contributed by atoms with Gasteiger partial charge in [-0.15, -0.1) is 0 Å². The number of hydrogen-bond donors (Lipinski definition) is 1. The number of carbonyl (C=O) groups is 2.